The molecule has 0 saturated carbocycles. The van der Waals surface area contributed by atoms with Crippen LogP contribution < -0.4 is 32.3 Å². The number of carbonyl (C=O) groups is 3. The topological polar surface area (TPSA) is 155 Å². The largest absolute Gasteiger partial charge is 0.370 e. The van der Waals surface area contributed by atoms with Gasteiger partial charge in [-0.05, 0) is 71.8 Å². The second kappa shape index (κ2) is 18.9. The third-order valence-electron chi connectivity index (χ3n) is 8.63. The fraction of sp³-hybridized carbons (Fsp3) is 0.231. The standard InChI is InChI=1S/C39H40Cl2F2N8O3/c1-45-38(44)46-17-6-11-33(36(52)47-22-24-7-3-2-4-8-24)49-37(53)34(20-25-12-15-31(42)32(43)19-25)50-39(54)48-27-14-13-26-16-18-51(35(26)21-27)23-28-29(40)9-5-10-30(28)41/h2-5,7-10,12-16,18-19,21,33-34H,6,11,17,20,22-23H2,1H3,(H,47,52)(H,49,53)(H3,44,45,46)(H2,48,50,54)/t33-,34-/m0/s1. The van der Waals surface area contributed by atoms with Gasteiger partial charge in [0.1, 0.15) is 12.1 Å². The van der Waals surface area contributed by atoms with E-state index in [2.05, 4.69) is 31.6 Å². The Kier molecular flexibility index (Phi) is 13.8. The molecule has 0 spiro atoms. The lowest BCUT2D eigenvalue weighted by Crippen LogP contribution is -2.55. The van der Waals surface area contributed by atoms with Crippen molar-refractivity contribution in [2.45, 2.75) is 44.4 Å². The Morgan fingerprint density at radius 1 is 0.815 bits per heavy atom. The molecule has 15 heteroatoms. The molecule has 0 bridgehead atoms. The SMILES string of the molecule is CN=C(N)NCCC[C@H](NC(=O)[C@H](Cc1ccc(F)c(F)c1)NC(=O)Nc1ccc2ccn(Cc3c(Cl)cccc3Cl)c2c1)C(=O)NCc1ccccc1. The lowest BCUT2D eigenvalue weighted by atomic mass is 10.0. The third kappa shape index (κ3) is 10.9. The lowest BCUT2D eigenvalue weighted by Gasteiger charge is -2.24. The normalized spacial score (nSPS) is 12.5. The number of nitrogens with two attached hydrogens (primary N) is 1. The van der Waals surface area contributed by atoms with E-state index in [0.29, 0.717) is 35.2 Å². The van der Waals surface area contributed by atoms with Crippen LogP contribution in [0.1, 0.15) is 29.5 Å². The molecular formula is C39H40Cl2F2N8O3. The van der Waals surface area contributed by atoms with Crippen LogP contribution in [-0.4, -0.2) is 54.0 Å². The van der Waals surface area contributed by atoms with Gasteiger partial charge in [0, 0.05) is 54.1 Å². The Bertz CT molecular complexity index is 2110. The van der Waals surface area contributed by atoms with Crippen LogP contribution in [0, 0.1) is 11.6 Å². The highest BCUT2D eigenvalue weighted by Crippen LogP contribution is 2.28. The molecule has 0 aliphatic carbocycles. The number of urea groups is 1. The van der Waals surface area contributed by atoms with E-state index < -0.39 is 41.6 Å². The summed E-state index contributed by atoms with van der Waals surface area (Å²) in [6, 6.07) is 21.9. The summed E-state index contributed by atoms with van der Waals surface area (Å²) in [5.74, 6) is -3.10. The minimum atomic E-state index is -1.30. The van der Waals surface area contributed by atoms with E-state index in [1.807, 2.05) is 53.2 Å². The van der Waals surface area contributed by atoms with Crippen molar-refractivity contribution < 1.29 is 23.2 Å². The van der Waals surface area contributed by atoms with Crippen molar-refractivity contribution >= 4 is 63.6 Å². The summed E-state index contributed by atoms with van der Waals surface area (Å²) in [7, 11) is 1.54. The fourth-order valence-electron chi connectivity index (χ4n) is 5.74. The van der Waals surface area contributed by atoms with E-state index in [1.165, 1.54) is 13.1 Å². The van der Waals surface area contributed by atoms with Crippen molar-refractivity contribution in [2.24, 2.45) is 10.7 Å². The maximum absolute atomic E-state index is 14.2. The first-order chi connectivity index (χ1) is 26.0. The molecule has 0 unspecified atom stereocenters. The summed E-state index contributed by atoms with van der Waals surface area (Å²) < 4.78 is 29.9. The number of rotatable bonds is 15. The summed E-state index contributed by atoms with van der Waals surface area (Å²) in [5.41, 5.74) is 8.77. The van der Waals surface area contributed by atoms with Gasteiger partial charge in [-0.2, -0.15) is 0 Å². The molecule has 5 rings (SSSR count). The molecule has 0 radical (unpaired) electrons. The number of halogens is 4. The minimum absolute atomic E-state index is 0.208. The molecule has 0 aliphatic rings. The summed E-state index contributed by atoms with van der Waals surface area (Å²) >= 11 is 12.8. The first-order valence-electron chi connectivity index (χ1n) is 17.1. The number of hydrogen-bond donors (Lipinski definition) is 6. The highest BCUT2D eigenvalue weighted by molar-refractivity contribution is 6.36. The number of carbonyl (C=O) groups excluding carboxylic acids is 3. The number of aromatic nitrogens is 1. The lowest BCUT2D eigenvalue weighted by molar-refractivity contribution is -0.130. The first kappa shape index (κ1) is 39.5. The molecule has 4 aromatic carbocycles. The van der Waals surface area contributed by atoms with Crippen LogP contribution in [0.2, 0.25) is 10.0 Å². The Labute approximate surface area is 321 Å². The number of anilines is 1. The smallest absolute Gasteiger partial charge is 0.319 e. The summed E-state index contributed by atoms with van der Waals surface area (Å²) in [5, 5.41) is 15.9. The van der Waals surface area contributed by atoms with Crippen LogP contribution in [0.4, 0.5) is 19.3 Å². The predicted octanol–water partition coefficient (Wildman–Crippen LogP) is 6.12. The van der Waals surface area contributed by atoms with E-state index in [9.17, 15) is 23.2 Å². The molecular weight excluding hydrogens is 737 g/mol. The number of aliphatic imine (C=N–C) groups is 1. The zero-order valence-electron chi connectivity index (χ0n) is 29.3. The summed E-state index contributed by atoms with van der Waals surface area (Å²) in [6.07, 6.45) is 2.31. The van der Waals surface area contributed by atoms with Crippen LogP contribution in [0.3, 0.4) is 0 Å². The first-order valence-corrected chi connectivity index (χ1v) is 17.9. The number of benzene rings is 4. The molecule has 0 fully saturated rings. The van der Waals surface area contributed by atoms with Gasteiger partial charge in [0.05, 0.1) is 12.1 Å². The fourth-order valence-corrected chi connectivity index (χ4v) is 6.26. The molecule has 5 aromatic rings. The highest BCUT2D eigenvalue weighted by atomic mass is 35.5. The summed E-state index contributed by atoms with van der Waals surface area (Å²) in [6.45, 7) is 0.974. The monoisotopic (exact) mass is 776 g/mol. The Hall–Kier alpha value is -5.66. The molecule has 2 atom stereocenters. The molecule has 0 aliphatic heterocycles. The quantitative estimate of drug-likeness (QED) is 0.0430. The van der Waals surface area contributed by atoms with Crippen LogP contribution in [0.25, 0.3) is 10.9 Å². The van der Waals surface area contributed by atoms with Crippen molar-refractivity contribution in [3.63, 3.8) is 0 Å². The molecule has 4 amide bonds. The third-order valence-corrected chi connectivity index (χ3v) is 9.33. The Balaban J connectivity index is 1.33. The van der Waals surface area contributed by atoms with Crippen LogP contribution in [-0.2, 0) is 29.1 Å². The number of hydrogen-bond acceptors (Lipinski definition) is 4. The second-order valence-corrected chi connectivity index (χ2v) is 13.3. The minimum Gasteiger partial charge on any atom is -0.370 e. The number of amides is 4. The molecule has 0 saturated heterocycles. The van der Waals surface area contributed by atoms with Crippen molar-refractivity contribution in [3.8, 4) is 0 Å². The van der Waals surface area contributed by atoms with Gasteiger partial charge in [-0.1, -0.05) is 71.7 Å². The number of guanidine groups is 1. The van der Waals surface area contributed by atoms with Gasteiger partial charge in [0.15, 0.2) is 17.6 Å². The number of fused-ring (bicyclic) bond motifs is 1. The van der Waals surface area contributed by atoms with Gasteiger partial charge in [-0.25, -0.2) is 13.6 Å². The van der Waals surface area contributed by atoms with Crippen LogP contribution in [0.5, 0.6) is 0 Å². The van der Waals surface area contributed by atoms with Crippen LogP contribution >= 0.6 is 23.2 Å². The summed E-state index contributed by atoms with van der Waals surface area (Å²) in [4.78, 5) is 44.6. The van der Waals surface area contributed by atoms with Gasteiger partial charge < -0.3 is 36.9 Å². The molecule has 1 aromatic heterocycles. The Morgan fingerprint density at radius 3 is 2.30 bits per heavy atom. The molecule has 1 heterocycles. The second-order valence-electron chi connectivity index (χ2n) is 12.5. The zero-order valence-corrected chi connectivity index (χ0v) is 30.9. The number of nitrogens with one attached hydrogen (secondary N) is 5. The van der Waals surface area contributed by atoms with Crippen molar-refractivity contribution in [3.05, 3.63) is 136 Å². The molecule has 54 heavy (non-hydrogen) atoms. The van der Waals surface area contributed by atoms with Gasteiger partial charge in [-0.3, -0.25) is 14.6 Å². The molecule has 282 valence electrons. The molecule has 11 nitrogen and oxygen atoms in total. The Morgan fingerprint density at radius 2 is 1.57 bits per heavy atom. The van der Waals surface area contributed by atoms with E-state index in [0.717, 1.165) is 34.2 Å². The van der Waals surface area contributed by atoms with E-state index >= 15 is 0 Å². The van der Waals surface area contributed by atoms with Gasteiger partial charge in [0.25, 0.3) is 0 Å². The van der Waals surface area contributed by atoms with Gasteiger partial charge in [-0.15, -0.1) is 0 Å². The van der Waals surface area contributed by atoms with Crippen LogP contribution in [0.15, 0.2) is 102 Å². The maximum Gasteiger partial charge on any atom is 0.319 e. The van der Waals surface area contributed by atoms with Gasteiger partial charge in [0.2, 0.25) is 11.8 Å². The van der Waals surface area contributed by atoms with Gasteiger partial charge >= 0.3 is 6.03 Å². The van der Waals surface area contributed by atoms with E-state index in [4.69, 9.17) is 28.9 Å². The van der Waals surface area contributed by atoms with E-state index in [1.54, 1.807) is 30.3 Å². The number of nitrogens with zero attached hydrogens (tertiary/aromatic N) is 2. The predicted molar refractivity (Wildman–Crippen MR) is 209 cm³/mol. The highest BCUT2D eigenvalue weighted by Gasteiger charge is 2.27. The van der Waals surface area contributed by atoms with Crippen molar-refractivity contribution in [1.29, 1.82) is 0 Å². The average molecular weight is 778 g/mol. The zero-order chi connectivity index (χ0) is 38.6. The average Bonchev–Trinajstić information content (AvgIpc) is 3.56. The van der Waals surface area contributed by atoms with Crippen molar-refractivity contribution in [2.75, 3.05) is 18.9 Å². The van der Waals surface area contributed by atoms with E-state index in [-0.39, 0.29) is 30.9 Å². The molecule has 7 N–H and O–H groups in total. The maximum atomic E-state index is 14.2. The van der Waals surface area contributed by atoms with Crippen molar-refractivity contribution in [1.82, 2.24) is 25.8 Å².